The summed E-state index contributed by atoms with van der Waals surface area (Å²) >= 11 is 0. The lowest BCUT2D eigenvalue weighted by Crippen LogP contribution is -2.24. The molecule has 46 valence electrons. The van der Waals surface area contributed by atoms with Crippen molar-refractivity contribution in [3.8, 4) is 0 Å². The van der Waals surface area contributed by atoms with Crippen LogP contribution in [0.1, 0.15) is 6.92 Å². The maximum atomic E-state index is 4.01. The highest BCUT2D eigenvalue weighted by Gasteiger charge is 1.75. The fourth-order valence-corrected chi connectivity index (χ4v) is 0.713. The Bertz CT molecular complexity index is 288. The summed E-state index contributed by atoms with van der Waals surface area (Å²) in [6.45, 7) is 5.73. The Labute approximate surface area is 54.4 Å². The van der Waals surface area contributed by atoms with Gasteiger partial charge < -0.3 is 0 Å². The Morgan fingerprint density at radius 1 is 1.67 bits per heavy atom. The smallest absolute Gasteiger partial charge is 0.0626 e. The minimum atomic E-state index is 0.847. The number of hydrogen-bond donors (Lipinski definition) is 0. The van der Waals surface area contributed by atoms with E-state index in [1.165, 1.54) is 0 Å². The van der Waals surface area contributed by atoms with Crippen LogP contribution in [0.15, 0.2) is 18.3 Å². The Balaban J connectivity index is 3.53. The summed E-state index contributed by atoms with van der Waals surface area (Å²) in [5, 5.41) is 1.96. The van der Waals surface area contributed by atoms with Crippen LogP contribution in [0.3, 0.4) is 0 Å². The average molecular weight is 119 g/mol. The highest BCUT2D eigenvalue weighted by molar-refractivity contribution is 5.19. The van der Waals surface area contributed by atoms with E-state index in [9.17, 15) is 0 Å². The van der Waals surface area contributed by atoms with Gasteiger partial charge in [-0.2, -0.15) is 0 Å². The van der Waals surface area contributed by atoms with Crippen molar-refractivity contribution < 1.29 is 0 Å². The van der Waals surface area contributed by atoms with Gasteiger partial charge in [-0.3, -0.25) is 4.98 Å². The van der Waals surface area contributed by atoms with Gasteiger partial charge in [0.25, 0.3) is 0 Å². The van der Waals surface area contributed by atoms with Gasteiger partial charge in [-0.25, -0.2) is 0 Å². The van der Waals surface area contributed by atoms with Crippen LogP contribution in [0, 0.1) is 0 Å². The first-order chi connectivity index (χ1) is 4.34. The summed E-state index contributed by atoms with van der Waals surface area (Å²) < 4.78 is 0. The zero-order valence-electron chi connectivity index (χ0n) is 5.46. The zero-order valence-corrected chi connectivity index (χ0v) is 5.46. The molecule has 0 aliphatic carbocycles. The maximum Gasteiger partial charge on any atom is 0.0626 e. The van der Waals surface area contributed by atoms with Crippen LogP contribution in [-0.2, 0) is 0 Å². The second-order valence-corrected chi connectivity index (χ2v) is 1.83. The monoisotopic (exact) mass is 119 g/mol. The SMILES string of the molecule is C=c1nccc/c1=C/C. The molecule has 0 aromatic carbocycles. The average Bonchev–Trinajstić information content (AvgIpc) is 1.89. The Kier molecular flexibility index (Phi) is 1.63. The number of hydrogen-bond acceptors (Lipinski definition) is 1. The molecule has 0 bridgehead atoms. The normalized spacial score (nSPS) is 11.9. The fourth-order valence-electron chi connectivity index (χ4n) is 0.713. The summed E-state index contributed by atoms with van der Waals surface area (Å²) in [4.78, 5) is 4.01. The third-order valence-electron chi connectivity index (χ3n) is 1.24. The lowest BCUT2D eigenvalue weighted by atomic mass is 10.3. The Morgan fingerprint density at radius 3 is 2.89 bits per heavy atom. The van der Waals surface area contributed by atoms with E-state index in [1.807, 2.05) is 25.1 Å². The molecule has 0 fully saturated rings. The minimum absolute atomic E-state index is 0.847. The molecule has 0 amide bonds. The van der Waals surface area contributed by atoms with Crippen LogP contribution >= 0.6 is 0 Å². The maximum absolute atomic E-state index is 4.01. The first kappa shape index (κ1) is 6.02. The molecule has 0 saturated heterocycles. The number of aromatic nitrogens is 1. The van der Waals surface area contributed by atoms with E-state index in [1.54, 1.807) is 6.20 Å². The van der Waals surface area contributed by atoms with Crippen molar-refractivity contribution in [3.05, 3.63) is 28.9 Å². The molecule has 0 atom stereocenters. The van der Waals surface area contributed by atoms with E-state index in [4.69, 9.17) is 0 Å². The van der Waals surface area contributed by atoms with Crippen LogP contribution in [-0.4, -0.2) is 4.98 Å². The van der Waals surface area contributed by atoms with E-state index in [0.717, 1.165) is 10.6 Å². The third-order valence-corrected chi connectivity index (χ3v) is 1.24. The fraction of sp³-hybridized carbons (Fsp3) is 0.125. The standard InChI is InChI=1S/C8H9N/c1-3-8-5-4-6-9-7(8)2/h3-6H,2H2,1H3/b8-3-. The molecule has 1 aromatic heterocycles. The van der Waals surface area contributed by atoms with Gasteiger partial charge in [-0.15, -0.1) is 0 Å². The summed E-state index contributed by atoms with van der Waals surface area (Å²) in [6, 6.07) is 3.90. The van der Waals surface area contributed by atoms with Gasteiger partial charge in [0.1, 0.15) is 0 Å². The van der Waals surface area contributed by atoms with E-state index in [-0.39, 0.29) is 0 Å². The molecule has 1 rings (SSSR count). The molecule has 1 heteroatoms. The molecule has 0 saturated carbocycles. The molecule has 0 spiro atoms. The van der Waals surface area contributed by atoms with Gasteiger partial charge in [0.15, 0.2) is 0 Å². The molecule has 0 aliphatic heterocycles. The van der Waals surface area contributed by atoms with Crippen molar-refractivity contribution in [3.63, 3.8) is 0 Å². The second-order valence-electron chi connectivity index (χ2n) is 1.83. The van der Waals surface area contributed by atoms with Gasteiger partial charge >= 0.3 is 0 Å². The molecule has 0 aliphatic rings. The molecule has 1 aromatic rings. The predicted octanol–water partition coefficient (Wildman–Crippen LogP) is 0.292. The van der Waals surface area contributed by atoms with Crippen LogP contribution in [0.5, 0.6) is 0 Å². The predicted molar refractivity (Wildman–Crippen MR) is 39.1 cm³/mol. The Hall–Kier alpha value is -1.11. The van der Waals surface area contributed by atoms with Crippen LogP contribution < -0.4 is 10.6 Å². The van der Waals surface area contributed by atoms with Crippen molar-refractivity contribution in [2.45, 2.75) is 6.92 Å². The lowest BCUT2D eigenvalue weighted by molar-refractivity contribution is 1.23. The van der Waals surface area contributed by atoms with E-state index < -0.39 is 0 Å². The zero-order chi connectivity index (χ0) is 6.69. The first-order valence-corrected chi connectivity index (χ1v) is 2.91. The van der Waals surface area contributed by atoms with Gasteiger partial charge in [-0.1, -0.05) is 18.7 Å². The van der Waals surface area contributed by atoms with Gasteiger partial charge in [0.2, 0.25) is 0 Å². The lowest BCUT2D eigenvalue weighted by Gasteiger charge is -1.82. The quantitative estimate of drug-likeness (QED) is 0.478. The number of rotatable bonds is 0. The highest BCUT2D eigenvalue weighted by Crippen LogP contribution is 1.63. The highest BCUT2D eigenvalue weighted by atomic mass is 14.6. The molecule has 0 N–H and O–H groups in total. The molecular formula is C8H9N. The van der Waals surface area contributed by atoms with Crippen molar-refractivity contribution in [2.24, 2.45) is 0 Å². The number of nitrogens with zero attached hydrogens (tertiary/aromatic N) is 1. The molecule has 1 heterocycles. The summed E-state index contributed by atoms with van der Waals surface area (Å²) in [7, 11) is 0. The van der Waals surface area contributed by atoms with Gasteiger partial charge in [0, 0.05) is 6.20 Å². The third kappa shape index (κ3) is 1.17. The summed E-state index contributed by atoms with van der Waals surface area (Å²) in [6.07, 6.45) is 3.74. The second kappa shape index (κ2) is 2.44. The molecule has 0 unspecified atom stereocenters. The summed E-state index contributed by atoms with van der Waals surface area (Å²) in [5.41, 5.74) is 0. The van der Waals surface area contributed by atoms with Crippen molar-refractivity contribution in [1.82, 2.24) is 4.98 Å². The first-order valence-electron chi connectivity index (χ1n) is 2.91. The molecular weight excluding hydrogens is 110 g/mol. The van der Waals surface area contributed by atoms with Gasteiger partial charge in [-0.05, 0) is 18.2 Å². The van der Waals surface area contributed by atoms with Crippen molar-refractivity contribution in [1.29, 1.82) is 0 Å². The largest absolute Gasteiger partial charge is 0.257 e. The van der Waals surface area contributed by atoms with Crippen LogP contribution in [0.4, 0.5) is 0 Å². The topological polar surface area (TPSA) is 12.9 Å². The van der Waals surface area contributed by atoms with Crippen molar-refractivity contribution >= 4 is 12.7 Å². The Morgan fingerprint density at radius 2 is 2.44 bits per heavy atom. The van der Waals surface area contributed by atoms with E-state index >= 15 is 0 Å². The molecule has 9 heavy (non-hydrogen) atoms. The number of pyridine rings is 1. The van der Waals surface area contributed by atoms with E-state index in [0.29, 0.717) is 0 Å². The molecule has 0 radical (unpaired) electrons. The van der Waals surface area contributed by atoms with Gasteiger partial charge in [0.05, 0.1) is 5.35 Å². The van der Waals surface area contributed by atoms with Crippen molar-refractivity contribution in [2.75, 3.05) is 0 Å². The minimum Gasteiger partial charge on any atom is -0.257 e. The summed E-state index contributed by atoms with van der Waals surface area (Å²) in [5.74, 6) is 0. The van der Waals surface area contributed by atoms with E-state index in [2.05, 4.69) is 11.6 Å². The van der Waals surface area contributed by atoms with Crippen LogP contribution in [0.25, 0.3) is 12.7 Å². The molecule has 1 nitrogen and oxygen atoms in total. The van der Waals surface area contributed by atoms with Crippen LogP contribution in [0.2, 0.25) is 0 Å².